The van der Waals surface area contributed by atoms with E-state index in [-0.39, 0.29) is 29.7 Å². The average Bonchev–Trinajstić information content (AvgIpc) is 2.46. The molecular formula is C15H23N5O2. The molecule has 0 aromatic carbocycles. The Morgan fingerprint density at radius 1 is 1.45 bits per heavy atom. The number of hydrogen-bond donors (Lipinski definition) is 2. The molecule has 0 aliphatic carbocycles. The predicted octanol–water partition coefficient (Wildman–Crippen LogP) is 0.744. The number of carbonyl (C=O) groups is 2. The minimum absolute atomic E-state index is 0.0257. The molecule has 0 saturated carbocycles. The second-order valence-corrected chi connectivity index (χ2v) is 5.98. The summed E-state index contributed by atoms with van der Waals surface area (Å²) < 4.78 is 0. The molecule has 0 radical (unpaired) electrons. The number of likely N-dealkylation sites (tertiary alicyclic amines) is 1. The third kappa shape index (κ3) is 3.72. The van der Waals surface area contributed by atoms with Crippen molar-refractivity contribution in [3.05, 3.63) is 17.5 Å². The van der Waals surface area contributed by atoms with E-state index in [1.165, 1.54) is 6.20 Å². The van der Waals surface area contributed by atoms with Gasteiger partial charge < -0.3 is 16.0 Å². The maximum Gasteiger partial charge on any atom is 0.254 e. The first-order chi connectivity index (χ1) is 10.4. The van der Waals surface area contributed by atoms with Crippen LogP contribution in [0.3, 0.4) is 0 Å². The topological polar surface area (TPSA) is 101 Å². The number of nitrogens with two attached hydrogens (primary N) is 1. The average molecular weight is 305 g/mol. The summed E-state index contributed by atoms with van der Waals surface area (Å²) >= 11 is 0. The number of amides is 2. The van der Waals surface area contributed by atoms with Crippen molar-refractivity contribution < 1.29 is 9.59 Å². The van der Waals surface area contributed by atoms with Gasteiger partial charge in [-0.3, -0.25) is 9.59 Å². The molecule has 2 rings (SSSR count). The van der Waals surface area contributed by atoms with Gasteiger partial charge in [0, 0.05) is 31.2 Å². The van der Waals surface area contributed by atoms with Crippen LogP contribution in [-0.4, -0.2) is 45.8 Å². The van der Waals surface area contributed by atoms with E-state index in [1.54, 1.807) is 6.92 Å². The molecule has 1 atom stereocenters. The van der Waals surface area contributed by atoms with Crippen molar-refractivity contribution in [3.63, 3.8) is 0 Å². The van der Waals surface area contributed by atoms with Gasteiger partial charge in [0.2, 0.25) is 11.9 Å². The standard InChI is InChI=1S/C15H23N5O2/c1-9(2)14(22)20-6-4-5-11(8-20)19-13(21)12-7-17-15(16)18-10(12)3/h7,9,11H,4-6,8H2,1-3H3,(H,19,21)(H2,16,17,18). The van der Waals surface area contributed by atoms with Crippen LogP contribution in [0.5, 0.6) is 0 Å². The molecule has 0 bridgehead atoms. The smallest absolute Gasteiger partial charge is 0.254 e. The summed E-state index contributed by atoms with van der Waals surface area (Å²) in [6, 6.07) is -0.0408. The van der Waals surface area contributed by atoms with Gasteiger partial charge in [-0.2, -0.15) is 0 Å². The van der Waals surface area contributed by atoms with E-state index >= 15 is 0 Å². The molecule has 1 saturated heterocycles. The summed E-state index contributed by atoms with van der Waals surface area (Å²) in [6.45, 7) is 6.81. The van der Waals surface area contributed by atoms with Gasteiger partial charge in [0.25, 0.3) is 5.91 Å². The zero-order chi connectivity index (χ0) is 16.3. The molecule has 7 heteroatoms. The Morgan fingerprint density at radius 3 is 2.82 bits per heavy atom. The van der Waals surface area contributed by atoms with Gasteiger partial charge in [-0.25, -0.2) is 9.97 Å². The van der Waals surface area contributed by atoms with E-state index in [4.69, 9.17) is 5.73 Å². The molecule has 1 fully saturated rings. The van der Waals surface area contributed by atoms with Gasteiger partial charge in [0.1, 0.15) is 0 Å². The second-order valence-electron chi connectivity index (χ2n) is 5.98. The summed E-state index contributed by atoms with van der Waals surface area (Å²) in [6.07, 6.45) is 3.19. The van der Waals surface area contributed by atoms with Crippen LogP contribution in [0.15, 0.2) is 6.20 Å². The number of anilines is 1. The highest BCUT2D eigenvalue weighted by Crippen LogP contribution is 2.14. The summed E-state index contributed by atoms with van der Waals surface area (Å²) in [7, 11) is 0. The zero-order valence-corrected chi connectivity index (χ0v) is 13.3. The number of aromatic nitrogens is 2. The third-order valence-corrected chi connectivity index (χ3v) is 3.80. The molecule has 2 heterocycles. The predicted molar refractivity (Wildman–Crippen MR) is 83.1 cm³/mol. The quantitative estimate of drug-likeness (QED) is 0.858. The number of nitrogen functional groups attached to an aromatic ring is 1. The molecule has 1 aromatic heterocycles. The van der Waals surface area contributed by atoms with Gasteiger partial charge in [0.15, 0.2) is 0 Å². The minimum atomic E-state index is -0.221. The molecule has 1 aliphatic rings. The highest BCUT2D eigenvalue weighted by atomic mass is 16.2. The van der Waals surface area contributed by atoms with Crippen LogP contribution in [0, 0.1) is 12.8 Å². The first-order valence-electron chi connectivity index (χ1n) is 7.57. The Hall–Kier alpha value is -2.18. The first-order valence-corrected chi connectivity index (χ1v) is 7.57. The molecule has 2 amide bonds. The number of piperidine rings is 1. The molecule has 0 spiro atoms. The van der Waals surface area contributed by atoms with Crippen molar-refractivity contribution in [2.75, 3.05) is 18.8 Å². The van der Waals surface area contributed by atoms with Gasteiger partial charge in [-0.15, -0.1) is 0 Å². The molecule has 1 aromatic rings. The van der Waals surface area contributed by atoms with Crippen LogP contribution in [0.1, 0.15) is 42.7 Å². The Kier molecular flexibility index (Phi) is 4.95. The number of hydrogen-bond acceptors (Lipinski definition) is 5. The van der Waals surface area contributed by atoms with Gasteiger partial charge >= 0.3 is 0 Å². The second kappa shape index (κ2) is 6.72. The fourth-order valence-corrected chi connectivity index (χ4v) is 2.63. The Bertz CT molecular complexity index is 573. The van der Waals surface area contributed by atoms with E-state index in [2.05, 4.69) is 15.3 Å². The monoisotopic (exact) mass is 305 g/mol. The maximum atomic E-state index is 12.3. The summed E-state index contributed by atoms with van der Waals surface area (Å²) in [5.41, 5.74) is 6.46. The molecule has 1 unspecified atom stereocenters. The highest BCUT2D eigenvalue weighted by Gasteiger charge is 2.26. The normalized spacial score (nSPS) is 18.4. The number of carbonyl (C=O) groups excluding carboxylic acids is 2. The molecule has 1 aliphatic heterocycles. The number of aryl methyl sites for hydroxylation is 1. The molecule has 22 heavy (non-hydrogen) atoms. The lowest BCUT2D eigenvalue weighted by Crippen LogP contribution is -2.50. The van der Waals surface area contributed by atoms with E-state index in [1.807, 2.05) is 18.7 Å². The van der Waals surface area contributed by atoms with E-state index in [9.17, 15) is 9.59 Å². The lowest BCUT2D eigenvalue weighted by atomic mass is 10.0. The zero-order valence-electron chi connectivity index (χ0n) is 13.3. The third-order valence-electron chi connectivity index (χ3n) is 3.80. The van der Waals surface area contributed by atoms with Crippen molar-refractivity contribution in [2.24, 2.45) is 5.92 Å². The molecule has 120 valence electrons. The van der Waals surface area contributed by atoms with Crippen molar-refractivity contribution in [1.82, 2.24) is 20.2 Å². The van der Waals surface area contributed by atoms with E-state index in [0.29, 0.717) is 17.8 Å². The highest BCUT2D eigenvalue weighted by molar-refractivity contribution is 5.95. The van der Waals surface area contributed by atoms with Crippen molar-refractivity contribution >= 4 is 17.8 Å². The Balaban J connectivity index is 2.00. The largest absolute Gasteiger partial charge is 0.368 e. The number of nitrogens with one attached hydrogen (secondary N) is 1. The van der Waals surface area contributed by atoms with Crippen LogP contribution < -0.4 is 11.1 Å². The van der Waals surface area contributed by atoms with Gasteiger partial charge in [-0.1, -0.05) is 13.8 Å². The summed E-state index contributed by atoms with van der Waals surface area (Å²) in [4.78, 5) is 34.1. The summed E-state index contributed by atoms with van der Waals surface area (Å²) in [5, 5.41) is 2.97. The van der Waals surface area contributed by atoms with E-state index < -0.39 is 0 Å². The minimum Gasteiger partial charge on any atom is -0.368 e. The first kappa shape index (κ1) is 16.2. The van der Waals surface area contributed by atoms with Crippen LogP contribution in [0.2, 0.25) is 0 Å². The van der Waals surface area contributed by atoms with Crippen molar-refractivity contribution in [1.29, 1.82) is 0 Å². The number of rotatable bonds is 3. The van der Waals surface area contributed by atoms with Crippen LogP contribution >= 0.6 is 0 Å². The van der Waals surface area contributed by atoms with Crippen LogP contribution in [0.25, 0.3) is 0 Å². The Morgan fingerprint density at radius 2 is 2.18 bits per heavy atom. The van der Waals surface area contributed by atoms with Gasteiger partial charge in [-0.05, 0) is 19.8 Å². The fraction of sp³-hybridized carbons (Fsp3) is 0.600. The molecule has 7 nitrogen and oxygen atoms in total. The van der Waals surface area contributed by atoms with Crippen molar-refractivity contribution in [3.8, 4) is 0 Å². The number of nitrogens with zero attached hydrogens (tertiary/aromatic N) is 3. The summed E-state index contributed by atoms with van der Waals surface area (Å²) in [5.74, 6) is 0.0370. The van der Waals surface area contributed by atoms with Gasteiger partial charge in [0.05, 0.1) is 11.3 Å². The molecule has 3 N–H and O–H groups in total. The lowest BCUT2D eigenvalue weighted by molar-refractivity contribution is -0.135. The van der Waals surface area contributed by atoms with E-state index in [0.717, 1.165) is 19.4 Å². The Labute approximate surface area is 130 Å². The van der Waals surface area contributed by atoms with Crippen LogP contribution in [-0.2, 0) is 4.79 Å². The fourth-order valence-electron chi connectivity index (χ4n) is 2.63. The van der Waals surface area contributed by atoms with Crippen molar-refractivity contribution in [2.45, 2.75) is 39.7 Å². The SMILES string of the molecule is Cc1nc(N)ncc1C(=O)NC1CCCN(C(=O)C(C)C)C1. The van der Waals surface area contributed by atoms with Crippen LogP contribution in [0.4, 0.5) is 5.95 Å². The maximum absolute atomic E-state index is 12.3. The molecular weight excluding hydrogens is 282 g/mol. The lowest BCUT2D eigenvalue weighted by Gasteiger charge is -2.34.